The van der Waals surface area contributed by atoms with E-state index in [9.17, 15) is 9.59 Å². The van der Waals surface area contributed by atoms with Crippen molar-refractivity contribution in [1.29, 1.82) is 0 Å². The molecule has 0 aliphatic heterocycles. The van der Waals surface area contributed by atoms with Crippen LogP contribution in [-0.4, -0.2) is 50.5 Å². The Morgan fingerprint density at radius 2 is 2.08 bits per heavy atom. The maximum absolute atomic E-state index is 10.9. The van der Waals surface area contributed by atoms with Crippen LogP contribution in [0.4, 0.5) is 0 Å². The van der Waals surface area contributed by atoms with E-state index in [1.165, 1.54) is 14.2 Å². The Kier molecular flexibility index (Phi) is 5.82. The summed E-state index contributed by atoms with van der Waals surface area (Å²) in [5.74, 6) is -1.17. The van der Waals surface area contributed by atoms with Crippen LogP contribution in [-0.2, 0) is 19.1 Å². The van der Waals surface area contributed by atoms with Crippen LogP contribution >= 0.6 is 0 Å². The van der Waals surface area contributed by atoms with Gasteiger partial charge >= 0.3 is 5.97 Å². The van der Waals surface area contributed by atoms with Gasteiger partial charge in [0.2, 0.25) is 5.91 Å². The van der Waals surface area contributed by atoms with Crippen LogP contribution in [0.5, 0.6) is 0 Å². The number of nitrogens with one attached hydrogen (secondary N) is 1. The summed E-state index contributed by atoms with van der Waals surface area (Å²) in [5, 5.41) is 10.9. The molecule has 0 aliphatic carbocycles. The Hall–Kier alpha value is -1.14. The maximum atomic E-state index is 10.9. The zero-order valence-electron chi connectivity index (χ0n) is 7.57. The van der Waals surface area contributed by atoms with E-state index in [2.05, 4.69) is 14.8 Å². The summed E-state index contributed by atoms with van der Waals surface area (Å²) < 4.78 is 8.84. The number of hydrogen-bond donors (Lipinski definition) is 2. The summed E-state index contributed by atoms with van der Waals surface area (Å²) in [6.07, 6.45) is 0. The molecule has 0 aromatic heterocycles. The van der Waals surface area contributed by atoms with Crippen molar-refractivity contribution in [1.82, 2.24) is 5.32 Å². The summed E-state index contributed by atoms with van der Waals surface area (Å²) in [7, 11) is 2.53. The predicted molar refractivity (Wildman–Crippen MR) is 42.9 cm³/mol. The van der Waals surface area contributed by atoms with Crippen molar-refractivity contribution in [3.63, 3.8) is 0 Å². The summed E-state index contributed by atoms with van der Waals surface area (Å²) in [6, 6.07) is -1.02. The molecule has 13 heavy (non-hydrogen) atoms. The topological polar surface area (TPSA) is 84.9 Å². The van der Waals surface area contributed by atoms with E-state index in [0.717, 1.165) is 0 Å². The van der Waals surface area contributed by atoms with Crippen molar-refractivity contribution in [3.05, 3.63) is 0 Å². The minimum absolute atomic E-state index is 0.159. The monoisotopic (exact) mass is 191 g/mol. The molecule has 0 radical (unpaired) electrons. The summed E-state index contributed by atoms with van der Waals surface area (Å²) >= 11 is 0. The van der Waals surface area contributed by atoms with E-state index in [1.807, 2.05) is 0 Å². The molecule has 0 fully saturated rings. The van der Waals surface area contributed by atoms with Gasteiger partial charge in [-0.05, 0) is 0 Å². The van der Waals surface area contributed by atoms with Crippen molar-refractivity contribution < 1.29 is 24.2 Å². The van der Waals surface area contributed by atoms with Gasteiger partial charge in [0, 0.05) is 7.11 Å². The van der Waals surface area contributed by atoms with Gasteiger partial charge in [-0.15, -0.1) is 0 Å². The lowest BCUT2D eigenvalue weighted by Crippen LogP contribution is -2.45. The maximum Gasteiger partial charge on any atom is 0.330 e. The molecule has 0 unspecified atom stereocenters. The second kappa shape index (κ2) is 6.38. The van der Waals surface area contributed by atoms with Crippen molar-refractivity contribution in [2.75, 3.05) is 27.4 Å². The normalized spacial score (nSPS) is 11.9. The highest BCUT2D eigenvalue weighted by molar-refractivity contribution is 5.85. The lowest BCUT2D eigenvalue weighted by Gasteiger charge is -2.12. The van der Waals surface area contributed by atoms with E-state index in [1.54, 1.807) is 0 Å². The molecule has 0 heterocycles. The average Bonchev–Trinajstić information content (AvgIpc) is 2.13. The average molecular weight is 191 g/mol. The minimum Gasteiger partial charge on any atom is -0.467 e. The van der Waals surface area contributed by atoms with E-state index in [4.69, 9.17) is 5.11 Å². The van der Waals surface area contributed by atoms with Gasteiger partial charge in [-0.2, -0.15) is 0 Å². The largest absolute Gasteiger partial charge is 0.467 e. The molecule has 0 aliphatic rings. The SMILES string of the molecule is COCC(=O)N[C@@H](CO)C(=O)OC. The smallest absolute Gasteiger partial charge is 0.330 e. The third-order valence-corrected chi connectivity index (χ3v) is 1.28. The number of aliphatic hydroxyl groups is 1. The van der Waals surface area contributed by atoms with E-state index < -0.39 is 24.5 Å². The van der Waals surface area contributed by atoms with Gasteiger partial charge in [0.05, 0.1) is 13.7 Å². The Labute approximate surface area is 75.8 Å². The van der Waals surface area contributed by atoms with Gasteiger partial charge in [-0.25, -0.2) is 4.79 Å². The fourth-order valence-electron chi connectivity index (χ4n) is 0.688. The molecule has 6 nitrogen and oxygen atoms in total. The van der Waals surface area contributed by atoms with Gasteiger partial charge in [0.15, 0.2) is 6.04 Å². The van der Waals surface area contributed by atoms with E-state index in [0.29, 0.717) is 0 Å². The van der Waals surface area contributed by atoms with Gasteiger partial charge < -0.3 is 19.9 Å². The van der Waals surface area contributed by atoms with Gasteiger partial charge in [0.1, 0.15) is 6.61 Å². The zero-order chi connectivity index (χ0) is 10.3. The molecule has 0 rings (SSSR count). The highest BCUT2D eigenvalue weighted by Crippen LogP contribution is 1.86. The van der Waals surface area contributed by atoms with Crippen LogP contribution in [0.3, 0.4) is 0 Å². The summed E-state index contributed by atoms with van der Waals surface area (Å²) in [6.45, 7) is -0.657. The van der Waals surface area contributed by atoms with Crippen LogP contribution in [0.2, 0.25) is 0 Å². The number of hydrogen-bond acceptors (Lipinski definition) is 5. The molecular formula is C7H13NO5. The van der Waals surface area contributed by atoms with Crippen LogP contribution in [0.25, 0.3) is 0 Å². The number of methoxy groups -OCH3 is 2. The third-order valence-electron chi connectivity index (χ3n) is 1.28. The lowest BCUT2D eigenvalue weighted by atomic mass is 10.3. The first-order valence-corrected chi connectivity index (χ1v) is 3.62. The minimum atomic E-state index is -1.02. The molecule has 1 amide bonds. The molecular weight excluding hydrogens is 178 g/mol. The number of amides is 1. The first-order chi connectivity index (χ1) is 6.15. The van der Waals surface area contributed by atoms with Crippen LogP contribution < -0.4 is 5.32 Å². The highest BCUT2D eigenvalue weighted by atomic mass is 16.5. The molecule has 76 valence electrons. The first-order valence-electron chi connectivity index (χ1n) is 3.62. The quantitative estimate of drug-likeness (QED) is 0.505. The Balaban J connectivity index is 3.97. The molecule has 1 atom stereocenters. The Morgan fingerprint density at radius 1 is 1.46 bits per heavy atom. The summed E-state index contributed by atoms with van der Waals surface area (Å²) in [4.78, 5) is 21.7. The molecule has 0 aromatic carbocycles. The van der Waals surface area contributed by atoms with E-state index in [-0.39, 0.29) is 6.61 Å². The number of rotatable bonds is 5. The first kappa shape index (κ1) is 11.9. The van der Waals surface area contributed by atoms with Crippen molar-refractivity contribution >= 4 is 11.9 Å². The number of carbonyl (C=O) groups is 2. The Morgan fingerprint density at radius 3 is 2.46 bits per heavy atom. The molecule has 0 aromatic rings. The fourth-order valence-corrected chi connectivity index (χ4v) is 0.688. The summed E-state index contributed by atoms with van der Waals surface area (Å²) in [5.41, 5.74) is 0. The van der Waals surface area contributed by atoms with Crippen molar-refractivity contribution in [2.45, 2.75) is 6.04 Å². The molecule has 0 spiro atoms. The van der Waals surface area contributed by atoms with Crippen molar-refractivity contribution in [3.8, 4) is 0 Å². The van der Waals surface area contributed by atoms with Gasteiger partial charge in [-0.3, -0.25) is 4.79 Å². The molecule has 0 saturated carbocycles. The van der Waals surface area contributed by atoms with Crippen LogP contribution in [0, 0.1) is 0 Å². The van der Waals surface area contributed by atoms with Crippen molar-refractivity contribution in [2.24, 2.45) is 0 Å². The Bertz CT molecular complexity index is 182. The third kappa shape index (κ3) is 4.44. The standard InChI is InChI=1S/C7H13NO5/c1-12-4-6(10)8-5(3-9)7(11)13-2/h5,9H,3-4H2,1-2H3,(H,8,10)/t5-/m0/s1. The molecule has 0 saturated heterocycles. The second-order valence-corrected chi connectivity index (χ2v) is 2.26. The number of ether oxygens (including phenoxy) is 2. The van der Waals surface area contributed by atoms with Gasteiger partial charge in [-0.1, -0.05) is 0 Å². The number of aliphatic hydroxyl groups excluding tert-OH is 1. The van der Waals surface area contributed by atoms with Crippen LogP contribution in [0.15, 0.2) is 0 Å². The van der Waals surface area contributed by atoms with Crippen LogP contribution in [0.1, 0.15) is 0 Å². The highest BCUT2D eigenvalue weighted by Gasteiger charge is 2.19. The second-order valence-electron chi connectivity index (χ2n) is 2.26. The molecule has 0 bridgehead atoms. The lowest BCUT2D eigenvalue weighted by molar-refractivity contribution is -0.146. The van der Waals surface area contributed by atoms with E-state index >= 15 is 0 Å². The number of esters is 1. The zero-order valence-corrected chi connectivity index (χ0v) is 7.57. The number of carbonyl (C=O) groups excluding carboxylic acids is 2. The molecule has 2 N–H and O–H groups in total. The van der Waals surface area contributed by atoms with Gasteiger partial charge in [0.25, 0.3) is 0 Å². The molecule has 6 heteroatoms. The predicted octanol–water partition coefficient (Wildman–Crippen LogP) is -1.72. The fraction of sp³-hybridized carbons (Fsp3) is 0.714.